The van der Waals surface area contributed by atoms with Gasteiger partial charge in [-0.15, -0.1) is 11.3 Å². The van der Waals surface area contributed by atoms with E-state index in [4.69, 9.17) is 0 Å². The molecule has 1 heterocycles. The summed E-state index contributed by atoms with van der Waals surface area (Å²) < 4.78 is 0.892. The molecule has 2 rings (SSSR count). The van der Waals surface area contributed by atoms with Gasteiger partial charge >= 0.3 is 0 Å². The lowest BCUT2D eigenvalue weighted by Gasteiger charge is -2.18. The molecule has 5 heteroatoms. The zero-order valence-electron chi connectivity index (χ0n) is 8.71. The lowest BCUT2D eigenvalue weighted by atomic mass is 10.1. The third-order valence-corrected chi connectivity index (χ3v) is 5.67. The normalized spacial score (nSPS) is 24.6. The molecule has 1 aromatic rings. The molecule has 88 valence electrons. The quantitative estimate of drug-likeness (QED) is 0.810. The van der Waals surface area contributed by atoms with Gasteiger partial charge in [0.2, 0.25) is 0 Å². The van der Waals surface area contributed by atoms with Crippen molar-refractivity contribution in [1.82, 2.24) is 5.32 Å². The van der Waals surface area contributed by atoms with Crippen molar-refractivity contribution in [3.8, 4) is 0 Å². The number of hydrogen-bond donors (Lipinski definition) is 1. The van der Waals surface area contributed by atoms with Gasteiger partial charge in [-0.05, 0) is 46.1 Å². The molecule has 1 aliphatic carbocycles. The van der Waals surface area contributed by atoms with Gasteiger partial charge in [-0.25, -0.2) is 0 Å². The number of nitrogens with one attached hydrogen (secondary N) is 1. The standard InChI is InChI=1S/C11H13Br2NOS/c12-6-7-2-1-3-9(7)14-11(15)10-8(13)4-5-16-10/h4-5,7,9H,1-3,6H2,(H,14,15). The predicted octanol–water partition coefficient (Wildman–Crippen LogP) is 3.80. The van der Waals surface area contributed by atoms with Gasteiger partial charge in [0, 0.05) is 15.8 Å². The van der Waals surface area contributed by atoms with Gasteiger partial charge in [-0.2, -0.15) is 0 Å². The number of hydrogen-bond acceptors (Lipinski definition) is 2. The second-order valence-corrected chi connectivity index (χ2v) is 6.44. The molecule has 2 unspecified atom stereocenters. The number of halogens is 2. The molecule has 2 nitrogen and oxygen atoms in total. The fraction of sp³-hybridized carbons (Fsp3) is 0.545. The summed E-state index contributed by atoms with van der Waals surface area (Å²) in [6.07, 6.45) is 3.53. The van der Waals surface area contributed by atoms with Crippen LogP contribution in [-0.4, -0.2) is 17.3 Å². The van der Waals surface area contributed by atoms with Crippen molar-refractivity contribution in [3.63, 3.8) is 0 Å². The molecule has 1 aromatic heterocycles. The Morgan fingerprint density at radius 3 is 3.00 bits per heavy atom. The molecule has 0 saturated heterocycles. The van der Waals surface area contributed by atoms with Crippen molar-refractivity contribution in [3.05, 3.63) is 20.8 Å². The summed E-state index contributed by atoms with van der Waals surface area (Å²) in [4.78, 5) is 12.8. The van der Waals surface area contributed by atoms with E-state index in [0.717, 1.165) is 21.1 Å². The van der Waals surface area contributed by atoms with Crippen LogP contribution in [0.5, 0.6) is 0 Å². The second-order valence-electron chi connectivity index (χ2n) is 4.02. The van der Waals surface area contributed by atoms with E-state index in [1.165, 1.54) is 24.2 Å². The number of thiophene rings is 1. The Morgan fingerprint density at radius 1 is 1.56 bits per heavy atom. The summed E-state index contributed by atoms with van der Waals surface area (Å²) >= 11 is 8.38. The van der Waals surface area contributed by atoms with Gasteiger partial charge in [0.05, 0.1) is 0 Å². The first kappa shape index (κ1) is 12.6. The highest BCUT2D eigenvalue weighted by molar-refractivity contribution is 9.10. The molecule has 0 aliphatic heterocycles. The molecule has 0 spiro atoms. The Bertz CT molecular complexity index is 380. The lowest BCUT2D eigenvalue weighted by molar-refractivity contribution is 0.0933. The summed E-state index contributed by atoms with van der Waals surface area (Å²) in [5.41, 5.74) is 0. The summed E-state index contributed by atoms with van der Waals surface area (Å²) in [5.74, 6) is 0.641. The molecule has 1 amide bonds. The highest BCUT2D eigenvalue weighted by Crippen LogP contribution is 2.28. The van der Waals surface area contributed by atoms with Crippen LogP contribution in [0.3, 0.4) is 0 Å². The van der Waals surface area contributed by atoms with E-state index in [1.54, 1.807) is 0 Å². The van der Waals surface area contributed by atoms with Gasteiger partial charge < -0.3 is 5.32 Å². The fourth-order valence-electron chi connectivity index (χ4n) is 2.10. The molecule has 1 fully saturated rings. The number of rotatable bonds is 3. The van der Waals surface area contributed by atoms with Crippen molar-refractivity contribution >= 4 is 49.1 Å². The zero-order chi connectivity index (χ0) is 11.5. The predicted molar refractivity (Wildman–Crippen MR) is 74.4 cm³/mol. The van der Waals surface area contributed by atoms with Crippen LogP contribution in [-0.2, 0) is 0 Å². The van der Waals surface area contributed by atoms with Gasteiger partial charge in [0.25, 0.3) is 5.91 Å². The Balaban J connectivity index is 2.00. The van der Waals surface area contributed by atoms with Gasteiger partial charge in [0.1, 0.15) is 4.88 Å². The highest BCUT2D eigenvalue weighted by atomic mass is 79.9. The molecule has 1 aliphatic rings. The lowest BCUT2D eigenvalue weighted by Crippen LogP contribution is -2.37. The highest BCUT2D eigenvalue weighted by Gasteiger charge is 2.28. The van der Waals surface area contributed by atoms with Crippen molar-refractivity contribution in [2.45, 2.75) is 25.3 Å². The Labute approximate surface area is 116 Å². The average molecular weight is 367 g/mol. The van der Waals surface area contributed by atoms with E-state index >= 15 is 0 Å². The van der Waals surface area contributed by atoms with Crippen LogP contribution in [0.2, 0.25) is 0 Å². The van der Waals surface area contributed by atoms with Crippen LogP contribution in [0, 0.1) is 5.92 Å². The van der Waals surface area contributed by atoms with Crippen LogP contribution < -0.4 is 5.32 Å². The van der Waals surface area contributed by atoms with E-state index < -0.39 is 0 Å². The maximum Gasteiger partial charge on any atom is 0.262 e. The monoisotopic (exact) mass is 365 g/mol. The van der Waals surface area contributed by atoms with Crippen molar-refractivity contribution in [2.75, 3.05) is 5.33 Å². The summed E-state index contributed by atoms with van der Waals surface area (Å²) in [6.45, 7) is 0. The van der Waals surface area contributed by atoms with Gasteiger partial charge in [-0.3, -0.25) is 4.79 Å². The second kappa shape index (κ2) is 5.65. The van der Waals surface area contributed by atoms with Crippen LogP contribution in [0.25, 0.3) is 0 Å². The molecule has 0 radical (unpaired) electrons. The SMILES string of the molecule is O=C(NC1CCCC1CBr)c1sccc1Br. The van der Waals surface area contributed by atoms with Crippen LogP contribution >= 0.6 is 43.2 Å². The largest absolute Gasteiger partial charge is 0.348 e. The molecule has 2 atom stereocenters. The zero-order valence-corrected chi connectivity index (χ0v) is 12.7. The first-order chi connectivity index (χ1) is 7.72. The first-order valence-electron chi connectivity index (χ1n) is 5.32. The summed E-state index contributed by atoms with van der Waals surface area (Å²) in [5, 5.41) is 6.04. The van der Waals surface area contributed by atoms with E-state index in [-0.39, 0.29) is 5.91 Å². The molecule has 16 heavy (non-hydrogen) atoms. The molecule has 1 saturated carbocycles. The van der Waals surface area contributed by atoms with Gasteiger partial charge in [-0.1, -0.05) is 22.4 Å². The average Bonchev–Trinajstić information content (AvgIpc) is 2.86. The number of alkyl halides is 1. The van der Waals surface area contributed by atoms with Crippen LogP contribution in [0.1, 0.15) is 28.9 Å². The van der Waals surface area contributed by atoms with Crippen LogP contribution in [0.4, 0.5) is 0 Å². The fourth-order valence-corrected chi connectivity index (χ4v) is 4.33. The number of carbonyl (C=O) groups excluding carboxylic acids is 1. The Kier molecular flexibility index (Phi) is 4.44. The molecule has 0 aromatic carbocycles. The van der Waals surface area contributed by atoms with E-state index in [0.29, 0.717) is 12.0 Å². The molecular weight excluding hydrogens is 354 g/mol. The molecular formula is C11H13Br2NOS. The minimum atomic E-state index is 0.0553. The number of amides is 1. The van der Waals surface area contributed by atoms with E-state index in [2.05, 4.69) is 37.2 Å². The third kappa shape index (κ3) is 2.68. The minimum absolute atomic E-state index is 0.0553. The van der Waals surface area contributed by atoms with E-state index in [1.807, 2.05) is 11.4 Å². The third-order valence-electron chi connectivity index (χ3n) is 3.00. The van der Waals surface area contributed by atoms with Crippen molar-refractivity contribution in [1.29, 1.82) is 0 Å². The maximum absolute atomic E-state index is 12.0. The Hall–Kier alpha value is 0.130. The maximum atomic E-state index is 12.0. The summed E-state index contributed by atoms with van der Waals surface area (Å²) in [7, 11) is 0. The van der Waals surface area contributed by atoms with Crippen molar-refractivity contribution in [2.24, 2.45) is 5.92 Å². The first-order valence-corrected chi connectivity index (χ1v) is 8.11. The number of carbonyl (C=O) groups is 1. The minimum Gasteiger partial charge on any atom is -0.348 e. The summed E-state index contributed by atoms with van der Waals surface area (Å²) in [6, 6.07) is 2.25. The van der Waals surface area contributed by atoms with Crippen molar-refractivity contribution < 1.29 is 4.79 Å². The molecule has 0 bridgehead atoms. The smallest absolute Gasteiger partial charge is 0.262 e. The van der Waals surface area contributed by atoms with Crippen LogP contribution in [0.15, 0.2) is 15.9 Å². The topological polar surface area (TPSA) is 29.1 Å². The van der Waals surface area contributed by atoms with E-state index in [9.17, 15) is 4.79 Å². The Morgan fingerprint density at radius 2 is 2.38 bits per heavy atom. The molecule has 1 N–H and O–H groups in total. The van der Waals surface area contributed by atoms with Gasteiger partial charge in [0.15, 0.2) is 0 Å².